The quantitative estimate of drug-likeness (QED) is 0.360. The molecule has 0 saturated heterocycles. The number of aromatic nitrogens is 1. The lowest BCUT2D eigenvalue weighted by atomic mass is 10.1. The van der Waals surface area contributed by atoms with Crippen molar-refractivity contribution in [3.8, 4) is 5.75 Å². The number of benzene rings is 2. The lowest BCUT2D eigenvalue weighted by Crippen LogP contribution is -2.26. The monoisotopic (exact) mass is 457 g/mol. The number of carbonyl (C=O) groups is 2. The third-order valence-corrected chi connectivity index (χ3v) is 4.89. The van der Waals surface area contributed by atoms with E-state index in [1.165, 1.54) is 6.92 Å². The van der Waals surface area contributed by atoms with Gasteiger partial charge in [0, 0.05) is 17.1 Å². The summed E-state index contributed by atoms with van der Waals surface area (Å²) in [6.07, 6.45) is 1.70. The summed E-state index contributed by atoms with van der Waals surface area (Å²) in [4.78, 5) is 24.5. The number of Topliss-reactive ketones (excluding diaryl/α,β-unsaturated/α-hetero) is 1. The second kappa shape index (κ2) is 8.41. The van der Waals surface area contributed by atoms with Gasteiger partial charge in [-0.2, -0.15) is 0 Å². The zero-order chi connectivity index (χ0) is 21.2. The predicted octanol–water partition coefficient (Wildman–Crippen LogP) is 5.53. The maximum atomic E-state index is 12.3. The average molecular weight is 458 g/mol. The molecule has 0 radical (unpaired) electrons. The van der Waals surface area contributed by atoms with E-state index in [1.807, 2.05) is 63.2 Å². The van der Waals surface area contributed by atoms with E-state index in [1.54, 1.807) is 10.8 Å². The van der Waals surface area contributed by atoms with Crippen molar-refractivity contribution in [2.75, 3.05) is 0 Å². The summed E-state index contributed by atoms with van der Waals surface area (Å²) in [5.41, 5.74) is 1.79. The minimum atomic E-state index is -0.567. The molecule has 6 heteroatoms. The van der Waals surface area contributed by atoms with E-state index in [4.69, 9.17) is 9.47 Å². The van der Waals surface area contributed by atoms with Gasteiger partial charge in [0.1, 0.15) is 24.5 Å². The molecule has 3 rings (SSSR count). The first kappa shape index (κ1) is 21.1. The summed E-state index contributed by atoms with van der Waals surface area (Å²) in [5, 5.41) is 0.743. The Morgan fingerprint density at radius 1 is 1.10 bits per heavy atom. The summed E-state index contributed by atoms with van der Waals surface area (Å²) in [6.45, 7) is 7.43. The fourth-order valence-electron chi connectivity index (χ4n) is 3.06. The lowest BCUT2D eigenvalue weighted by molar-refractivity contribution is -0.155. The summed E-state index contributed by atoms with van der Waals surface area (Å²) in [5.74, 6) is 0.207. The molecule has 0 aliphatic heterocycles. The highest BCUT2D eigenvalue weighted by Gasteiger charge is 2.20. The van der Waals surface area contributed by atoms with Crippen LogP contribution in [0.1, 0.15) is 43.6 Å². The molecule has 2 aromatic carbocycles. The zero-order valence-electron chi connectivity index (χ0n) is 17.0. The minimum absolute atomic E-state index is 0.0255. The highest BCUT2D eigenvalue weighted by Crippen LogP contribution is 2.34. The van der Waals surface area contributed by atoms with Crippen LogP contribution in [0.2, 0.25) is 0 Å². The van der Waals surface area contributed by atoms with Gasteiger partial charge in [0.2, 0.25) is 0 Å². The Kier molecular flexibility index (Phi) is 6.13. The van der Waals surface area contributed by atoms with Gasteiger partial charge in [-0.1, -0.05) is 30.3 Å². The molecule has 5 nitrogen and oxygen atoms in total. The van der Waals surface area contributed by atoms with Crippen LogP contribution in [0.15, 0.2) is 53.1 Å². The molecule has 3 aromatic rings. The number of hydrogen-bond acceptors (Lipinski definition) is 4. The van der Waals surface area contributed by atoms with Gasteiger partial charge in [-0.25, -0.2) is 0 Å². The molecule has 0 saturated carbocycles. The van der Waals surface area contributed by atoms with Crippen molar-refractivity contribution >= 4 is 38.6 Å². The summed E-state index contributed by atoms with van der Waals surface area (Å²) < 4.78 is 13.9. The van der Waals surface area contributed by atoms with Crippen LogP contribution in [0.25, 0.3) is 10.9 Å². The van der Waals surface area contributed by atoms with E-state index < -0.39 is 5.60 Å². The summed E-state index contributed by atoms with van der Waals surface area (Å²) >= 11 is 3.55. The first-order valence-corrected chi connectivity index (χ1v) is 10.2. The van der Waals surface area contributed by atoms with E-state index in [-0.39, 0.29) is 18.3 Å². The number of nitrogens with zero attached hydrogens (tertiary/aromatic N) is 1. The SMILES string of the molecule is CC(=O)c1cn(CC(=O)OC(C)(C)C)c2cc(Br)c(OCc3ccccc3)cc12. The van der Waals surface area contributed by atoms with E-state index in [0.29, 0.717) is 17.9 Å². The third kappa shape index (κ3) is 5.26. The van der Waals surface area contributed by atoms with Crippen LogP contribution in [0, 0.1) is 0 Å². The number of carbonyl (C=O) groups excluding carboxylic acids is 2. The Morgan fingerprint density at radius 2 is 1.79 bits per heavy atom. The zero-order valence-corrected chi connectivity index (χ0v) is 18.6. The van der Waals surface area contributed by atoms with Gasteiger partial charge in [0.05, 0.1) is 9.99 Å². The Morgan fingerprint density at radius 3 is 2.41 bits per heavy atom. The van der Waals surface area contributed by atoms with E-state index in [9.17, 15) is 9.59 Å². The van der Waals surface area contributed by atoms with E-state index in [2.05, 4.69) is 15.9 Å². The highest BCUT2D eigenvalue weighted by atomic mass is 79.9. The van der Waals surface area contributed by atoms with Crippen LogP contribution in [-0.4, -0.2) is 21.9 Å². The van der Waals surface area contributed by atoms with Crippen molar-refractivity contribution < 1.29 is 19.1 Å². The normalized spacial score (nSPS) is 11.5. The van der Waals surface area contributed by atoms with Crippen LogP contribution in [0.3, 0.4) is 0 Å². The summed E-state index contributed by atoms with van der Waals surface area (Å²) in [7, 11) is 0. The van der Waals surface area contributed by atoms with Crippen molar-refractivity contribution in [3.05, 3.63) is 64.3 Å². The molecule has 0 unspecified atom stereocenters. The van der Waals surface area contributed by atoms with Crippen LogP contribution in [0.4, 0.5) is 0 Å². The van der Waals surface area contributed by atoms with Crippen LogP contribution >= 0.6 is 15.9 Å². The number of ketones is 1. The molecule has 29 heavy (non-hydrogen) atoms. The predicted molar refractivity (Wildman–Crippen MR) is 116 cm³/mol. The molecule has 0 aliphatic rings. The largest absolute Gasteiger partial charge is 0.488 e. The molecule has 1 aromatic heterocycles. The molecular formula is C23H24BrNO4. The maximum absolute atomic E-state index is 12.3. The van der Waals surface area contributed by atoms with Crippen LogP contribution in [-0.2, 0) is 22.7 Å². The lowest BCUT2D eigenvalue weighted by Gasteiger charge is -2.19. The number of esters is 1. The standard InChI is InChI=1S/C23H24BrNO4/c1-15(26)18-12-25(13-22(27)29-23(2,3)4)20-11-19(24)21(10-17(18)20)28-14-16-8-6-5-7-9-16/h5-12H,13-14H2,1-4H3. The second-order valence-corrected chi connectivity index (χ2v) is 8.74. The molecule has 0 spiro atoms. The van der Waals surface area contributed by atoms with Gasteiger partial charge >= 0.3 is 5.97 Å². The highest BCUT2D eigenvalue weighted by molar-refractivity contribution is 9.10. The molecular weight excluding hydrogens is 434 g/mol. The Bertz CT molecular complexity index is 1050. The van der Waals surface area contributed by atoms with Gasteiger partial charge in [0.25, 0.3) is 0 Å². The first-order valence-electron chi connectivity index (χ1n) is 9.36. The number of halogens is 1. The number of rotatable bonds is 6. The Labute approximate surface area is 178 Å². The van der Waals surface area contributed by atoms with Crippen molar-refractivity contribution in [3.63, 3.8) is 0 Å². The third-order valence-electron chi connectivity index (χ3n) is 4.27. The van der Waals surface area contributed by atoms with Gasteiger partial charge in [0.15, 0.2) is 5.78 Å². The van der Waals surface area contributed by atoms with Crippen molar-refractivity contribution in [1.82, 2.24) is 4.57 Å². The summed E-state index contributed by atoms with van der Waals surface area (Å²) in [6, 6.07) is 13.6. The van der Waals surface area contributed by atoms with Gasteiger partial charge in [-0.05, 0) is 61.3 Å². The van der Waals surface area contributed by atoms with Gasteiger partial charge < -0.3 is 14.0 Å². The van der Waals surface area contributed by atoms with Crippen LogP contribution in [0.5, 0.6) is 5.75 Å². The number of hydrogen-bond donors (Lipinski definition) is 0. The second-order valence-electron chi connectivity index (χ2n) is 7.89. The van der Waals surface area contributed by atoms with Crippen molar-refractivity contribution in [2.24, 2.45) is 0 Å². The topological polar surface area (TPSA) is 57.5 Å². The smallest absolute Gasteiger partial charge is 0.326 e. The minimum Gasteiger partial charge on any atom is -0.488 e. The molecule has 1 heterocycles. The van der Waals surface area contributed by atoms with Gasteiger partial charge in [-0.3, -0.25) is 9.59 Å². The molecule has 0 bridgehead atoms. The molecule has 0 N–H and O–H groups in total. The van der Waals surface area contributed by atoms with E-state index in [0.717, 1.165) is 20.9 Å². The first-order chi connectivity index (χ1) is 13.6. The average Bonchev–Trinajstić information content (AvgIpc) is 2.96. The number of fused-ring (bicyclic) bond motifs is 1. The Hall–Kier alpha value is -2.60. The molecule has 0 atom stereocenters. The van der Waals surface area contributed by atoms with Crippen LogP contribution < -0.4 is 4.74 Å². The molecule has 152 valence electrons. The fourth-order valence-corrected chi connectivity index (χ4v) is 3.51. The molecule has 0 amide bonds. The number of ether oxygens (including phenoxy) is 2. The Balaban J connectivity index is 1.93. The van der Waals surface area contributed by atoms with Crippen molar-refractivity contribution in [1.29, 1.82) is 0 Å². The van der Waals surface area contributed by atoms with E-state index >= 15 is 0 Å². The molecule has 0 aliphatic carbocycles. The fraction of sp³-hybridized carbons (Fsp3) is 0.304. The maximum Gasteiger partial charge on any atom is 0.326 e. The molecule has 0 fully saturated rings. The van der Waals surface area contributed by atoms with Crippen molar-refractivity contribution in [2.45, 2.75) is 46.4 Å². The van der Waals surface area contributed by atoms with Gasteiger partial charge in [-0.15, -0.1) is 0 Å².